The molecule has 2 aromatic carbocycles. The standard InChI is InChI=1S/C26H32N2O3/c1-3-15-28-16-14-25(21-10-7-11-23(29)17-21)18-22(12-13-26(25,19-28)31-2)27-24(30)20-8-5-4-6-9-20/h3-11,17,22,29H,1,12-16,18-19H2,2H3,(H,27,30)/t22-,25?,26?/m0/s1. The van der Waals surface area contributed by atoms with Gasteiger partial charge in [0.1, 0.15) is 5.75 Å². The van der Waals surface area contributed by atoms with Crippen LogP contribution in [-0.4, -0.2) is 54.3 Å². The molecule has 5 heteroatoms. The van der Waals surface area contributed by atoms with Gasteiger partial charge in [0, 0.05) is 37.2 Å². The summed E-state index contributed by atoms with van der Waals surface area (Å²) in [6.45, 7) is 6.47. The summed E-state index contributed by atoms with van der Waals surface area (Å²) in [4.78, 5) is 15.2. The Labute approximate surface area is 184 Å². The van der Waals surface area contributed by atoms with Gasteiger partial charge >= 0.3 is 0 Å². The van der Waals surface area contributed by atoms with Crippen molar-refractivity contribution in [1.82, 2.24) is 10.2 Å². The van der Waals surface area contributed by atoms with Crippen molar-refractivity contribution in [2.75, 3.05) is 26.7 Å². The first-order valence-electron chi connectivity index (χ1n) is 11.1. The SMILES string of the molecule is C=CCN1CCC2(c3cccc(O)c3)C[C@@H](NC(=O)c3ccccc3)CCC2(OC)C1. The monoisotopic (exact) mass is 420 g/mol. The molecule has 5 nitrogen and oxygen atoms in total. The van der Waals surface area contributed by atoms with Gasteiger partial charge in [-0.25, -0.2) is 0 Å². The number of likely N-dealkylation sites (tertiary alicyclic amines) is 1. The number of nitrogens with zero attached hydrogens (tertiary/aromatic N) is 1. The number of hydrogen-bond donors (Lipinski definition) is 2. The molecule has 0 bridgehead atoms. The number of nitrogens with one attached hydrogen (secondary N) is 1. The summed E-state index contributed by atoms with van der Waals surface area (Å²) in [7, 11) is 1.80. The van der Waals surface area contributed by atoms with E-state index in [-0.39, 0.29) is 28.7 Å². The molecule has 4 rings (SSSR count). The molecule has 2 N–H and O–H groups in total. The van der Waals surface area contributed by atoms with Crippen molar-refractivity contribution in [3.63, 3.8) is 0 Å². The van der Waals surface area contributed by atoms with E-state index in [0.29, 0.717) is 5.56 Å². The van der Waals surface area contributed by atoms with Crippen LogP contribution in [0.5, 0.6) is 5.75 Å². The Balaban J connectivity index is 1.67. The number of benzene rings is 2. The van der Waals surface area contributed by atoms with Gasteiger partial charge in [-0.3, -0.25) is 9.69 Å². The number of phenols is 1. The molecule has 1 aliphatic heterocycles. The van der Waals surface area contributed by atoms with Crippen LogP contribution in [0.25, 0.3) is 0 Å². The molecule has 164 valence electrons. The topological polar surface area (TPSA) is 61.8 Å². The number of aromatic hydroxyl groups is 1. The highest BCUT2D eigenvalue weighted by Gasteiger charge is 2.58. The van der Waals surface area contributed by atoms with Crippen molar-refractivity contribution in [3.05, 3.63) is 78.4 Å². The van der Waals surface area contributed by atoms with Gasteiger partial charge in [-0.05, 0) is 62.1 Å². The second-order valence-electron chi connectivity index (χ2n) is 8.88. The van der Waals surface area contributed by atoms with Gasteiger partial charge in [0.2, 0.25) is 0 Å². The zero-order valence-corrected chi connectivity index (χ0v) is 18.2. The molecule has 1 heterocycles. The largest absolute Gasteiger partial charge is 0.508 e. The van der Waals surface area contributed by atoms with E-state index in [1.165, 1.54) is 0 Å². The summed E-state index contributed by atoms with van der Waals surface area (Å²) in [6.07, 6.45) is 5.32. The van der Waals surface area contributed by atoms with E-state index in [1.54, 1.807) is 13.2 Å². The van der Waals surface area contributed by atoms with Gasteiger partial charge in [0.15, 0.2) is 0 Å². The lowest BCUT2D eigenvalue weighted by atomic mass is 9.55. The van der Waals surface area contributed by atoms with Gasteiger partial charge in [0.05, 0.1) is 5.60 Å². The lowest BCUT2D eigenvalue weighted by molar-refractivity contribution is -0.146. The van der Waals surface area contributed by atoms with Crippen molar-refractivity contribution in [1.29, 1.82) is 0 Å². The highest BCUT2D eigenvalue weighted by molar-refractivity contribution is 5.94. The number of fused-ring (bicyclic) bond motifs is 1. The quantitative estimate of drug-likeness (QED) is 0.696. The van der Waals surface area contributed by atoms with Crippen LogP contribution in [0.4, 0.5) is 0 Å². The van der Waals surface area contributed by atoms with Crippen molar-refractivity contribution in [3.8, 4) is 5.75 Å². The Morgan fingerprint density at radius 2 is 2.06 bits per heavy atom. The molecule has 0 aromatic heterocycles. The Kier molecular flexibility index (Phi) is 6.17. The summed E-state index contributed by atoms with van der Waals surface area (Å²) < 4.78 is 6.32. The Morgan fingerprint density at radius 3 is 2.77 bits per heavy atom. The number of methoxy groups -OCH3 is 1. The highest BCUT2D eigenvalue weighted by Crippen LogP contribution is 2.53. The van der Waals surface area contributed by atoms with Gasteiger partial charge in [0.25, 0.3) is 5.91 Å². The van der Waals surface area contributed by atoms with Crippen LogP contribution in [-0.2, 0) is 10.2 Å². The van der Waals surface area contributed by atoms with E-state index < -0.39 is 0 Å². The molecular formula is C26H32N2O3. The van der Waals surface area contributed by atoms with Crippen LogP contribution >= 0.6 is 0 Å². The maximum atomic E-state index is 12.9. The molecular weight excluding hydrogens is 388 g/mol. The minimum atomic E-state index is -0.379. The summed E-state index contributed by atoms with van der Waals surface area (Å²) in [5, 5.41) is 13.5. The predicted octanol–water partition coefficient (Wildman–Crippen LogP) is 3.89. The smallest absolute Gasteiger partial charge is 0.251 e. The van der Waals surface area contributed by atoms with Crippen LogP contribution in [0.2, 0.25) is 0 Å². The molecule has 0 spiro atoms. The molecule has 1 amide bonds. The third kappa shape index (κ3) is 4.00. The molecule has 31 heavy (non-hydrogen) atoms. The van der Waals surface area contributed by atoms with Crippen molar-refractivity contribution in [2.45, 2.75) is 42.7 Å². The van der Waals surface area contributed by atoms with Gasteiger partial charge < -0.3 is 15.2 Å². The minimum Gasteiger partial charge on any atom is -0.508 e. The maximum absolute atomic E-state index is 12.9. The first-order chi connectivity index (χ1) is 15.0. The lowest BCUT2D eigenvalue weighted by Crippen LogP contribution is -2.67. The summed E-state index contributed by atoms with van der Waals surface area (Å²) >= 11 is 0. The summed E-state index contributed by atoms with van der Waals surface area (Å²) in [5.41, 5.74) is 1.10. The van der Waals surface area contributed by atoms with Crippen LogP contribution in [0.15, 0.2) is 67.3 Å². The minimum absolute atomic E-state index is 0.0364. The maximum Gasteiger partial charge on any atom is 0.251 e. The number of hydrogen-bond acceptors (Lipinski definition) is 4. The van der Waals surface area contributed by atoms with Crippen LogP contribution in [0.3, 0.4) is 0 Å². The number of ether oxygens (including phenoxy) is 1. The molecule has 1 saturated carbocycles. The first kappa shape index (κ1) is 21.6. The number of piperidine rings is 1. The van der Waals surface area contributed by atoms with Crippen LogP contribution < -0.4 is 5.32 Å². The molecule has 0 radical (unpaired) electrons. The fraction of sp³-hybridized carbons (Fsp3) is 0.423. The number of rotatable bonds is 6. The molecule has 2 aliphatic rings. The Hall–Kier alpha value is -2.63. The van der Waals surface area contributed by atoms with Crippen molar-refractivity contribution >= 4 is 5.91 Å². The summed E-state index contributed by atoms with van der Waals surface area (Å²) in [5.74, 6) is 0.228. The van der Waals surface area contributed by atoms with Crippen LogP contribution in [0, 0.1) is 0 Å². The fourth-order valence-corrected chi connectivity index (χ4v) is 5.72. The third-order valence-corrected chi connectivity index (χ3v) is 7.25. The molecule has 1 aliphatic carbocycles. The van der Waals surface area contributed by atoms with Gasteiger partial charge in [-0.15, -0.1) is 6.58 Å². The van der Waals surface area contributed by atoms with Crippen LogP contribution in [0.1, 0.15) is 41.6 Å². The number of carbonyl (C=O) groups excluding carboxylic acids is 1. The Morgan fingerprint density at radius 1 is 1.26 bits per heavy atom. The first-order valence-corrected chi connectivity index (χ1v) is 11.1. The van der Waals surface area contributed by atoms with E-state index in [0.717, 1.165) is 50.9 Å². The van der Waals surface area contributed by atoms with Gasteiger partial charge in [-0.1, -0.05) is 36.4 Å². The van der Waals surface area contributed by atoms with E-state index >= 15 is 0 Å². The molecule has 2 unspecified atom stereocenters. The average molecular weight is 421 g/mol. The van der Waals surface area contributed by atoms with E-state index in [1.807, 2.05) is 48.5 Å². The second-order valence-corrected chi connectivity index (χ2v) is 8.88. The molecule has 2 aromatic rings. The second kappa shape index (κ2) is 8.85. The fourth-order valence-electron chi connectivity index (χ4n) is 5.72. The zero-order valence-electron chi connectivity index (χ0n) is 18.2. The average Bonchev–Trinajstić information content (AvgIpc) is 2.80. The molecule has 1 saturated heterocycles. The zero-order chi connectivity index (χ0) is 21.9. The number of phenolic OH excluding ortho intramolecular Hbond substituents is 1. The van der Waals surface area contributed by atoms with E-state index in [2.05, 4.69) is 22.9 Å². The molecule has 3 atom stereocenters. The Bertz CT molecular complexity index is 931. The van der Waals surface area contributed by atoms with Crippen molar-refractivity contribution < 1.29 is 14.6 Å². The lowest BCUT2D eigenvalue weighted by Gasteiger charge is -2.59. The van der Waals surface area contributed by atoms with Crippen molar-refractivity contribution in [2.24, 2.45) is 0 Å². The van der Waals surface area contributed by atoms with E-state index in [9.17, 15) is 9.90 Å². The predicted molar refractivity (Wildman–Crippen MR) is 122 cm³/mol. The van der Waals surface area contributed by atoms with E-state index in [4.69, 9.17) is 4.74 Å². The highest BCUT2D eigenvalue weighted by atomic mass is 16.5. The third-order valence-electron chi connectivity index (χ3n) is 7.25. The van der Waals surface area contributed by atoms with Gasteiger partial charge in [-0.2, -0.15) is 0 Å². The normalized spacial score (nSPS) is 28.5. The number of carbonyl (C=O) groups is 1. The molecule has 2 fully saturated rings. The number of amides is 1. The summed E-state index contributed by atoms with van der Waals surface area (Å²) in [6, 6.07) is 17.0.